The monoisotopic (exact) mass is 296 g/mol. The van der Waals surface area contributed by atoms with E-state index in [-0.39, 0.29) is 5.92 Å². The molecule has 1 heterocycles. The van der Waals surface area contributed by atoms with Crippen LogP contribution in [0.4, 0.5) is 0 Å². The van der Waals surface area contributed by atoms with E-state index in [0.29, 0.717) is 30.0 Å². The summed E-state index contributed by atoms with van der Waals surface area (Å²) >= 11 is 6.14. The number of amides is 1. The first-order chi connectivity index (χ1) is 9.47. The Hall–Kier alpha value is -1.59. The molecule has 1 aliphatic heterocycles. The summed E-state index contributed by atoms with van der Waals surface area (Å²) in [4.78, 5) is 24.1. The molecule has 1 fully saturated rings. The topological polar surface area (TPSA) is 83.6 Å². The zero-order valence-electron chi connectivity index (χ0n) is 11.0. The Morgan fingerprint density at radius 2 is 2.00 bits per heavy atom. The molecule has 0 spiro atoms. The molecular weight excluding hydrogens is 280 g/mol. The molecule has 0 bridgehead atoms. The fraction of sp³-hybridized carbons (Fsp3) is 0.429. The van der Waals surface area contributed by atoms with E-state index in [1.54, 1.807) is 18.2 Å². The Morgan fingerprint density at radius 3 is 2.50 bits per heavy atom. The highest BCUT2D eigenvalue weighted by Gasteiger charge is 2.24. The molecule has 0 saturated carbocycles. The van der Waals surface area contributed by atoms with Crippen molar-refractivity contribution >= 4 is 23.5 Å². The smallest absolute Gasteiger partial charge is 0.306 e. The van der Waals surface area contributed by atoms with E-state index in [1.807, 2.05) is 0 Å². The van der Waals surface area contributed by atoms with Crippen LogP contribution < -0.4 is 5.73 Å². The summed E-state index contributed by atoms with van der Waals surface area (Å²) in [6, 6.07) is 5.03. The molecule has 3 N–H and O–H groups in total. The number of aliphatic carboxylic acids is 1. The van der Waals surface area contributed by atoms with E-state index < -0.39 is 11.9 Å². The van der Waals surface area contributed by atoms with Crippen LogP contribution in [0.3, 0.4) is 0 Å². The third-order valence-electron chi connectivity index (χ3n) is 3.67. The third kappa shape index (κ3) is 3.49. The maximum Gasteiger partial charge on any atom is 0.306 e. The first-order valence-corrected chi connectivity index (χ1v) is 6.88. The number of carbonyl (C=O) groups excluding carboxylic acids is 1. The highest BCUT2D eigenvalue weighted by molar-refractivity contribution is 6.31. The van der Waals surface area contributed by atoms with Crippen molar-refractivity contribution in [2.75, 3.05) is 13.1 Å². The van der Waals surface area contributed by atoms with Crippen molar-refractivity contribution in [2.24, 2.45) is 11.7 Å². The van der Waals surface area contributed by atoms with E-state index in [1.165, 1.54) is 0 Å². The molecule has 0 unspecified atom stereocenters. The number of benzene rings is 1. The lowest BCUT2D eigenvalue weighted by molar-refractivity contribution is -0.143. The van der Waals surface area contributed by atoms with Crippen molar-refractivity contribution in [3.05, 3.63) is 34.3 Å². The zero-order chi connectivity index (χ0) is 14.7. The number of nitrogens with zero attached hydrogens (tertiary/aromatic N) is 1. The quantitative estimate of drug-likeness (QED) is 0.886. The normalized spacial score (nSPS) is 17.1. The molecule has 0 radical (unpaired) electrons. The van der Waals surface area contributed by atoms with Gasteiger partial charge in [-0.25, -0.2) is 0 Å². The minimum absolute atomic E-state index is 0.237. The van der Waals surface area contributed by atoms with E-state index >= 15 is 0 Å². The fourth-order valence-corrected chi connectivity index (χ4v) is 2.65. The molecule has 6 heteroatoms. The van der Waals surface area contributed by atoms with Crippen LogP contribution in [-0.2, 0) is 11.3 Å². The standard InChI is InChI=1S/C14H17ClN2O3/c15-12-7-10(13(16)18)1-2-11(12)8-17-5-3-9(4-6-17)14(19)20/h1-2,7,9H,3-6,8H2,(H2,16,18)(H,19,20). The van der Waals surface area contributed by atoms with Crippen LogP contribution in [0.5, 0.6) is 0 Å². The number of halogens is 1. The fourth-order valence-electron chi connectivity index (χ4n) is 2.41. The Bertz CT molecular complexity index is 525. The average Bonchev–Trinajstić information content (AvgIpc) is 2.41. The predicted molar refractivity (Wildman–Crippen MR) is 75.6 cm³/mol. The van der Waals surface area contributed by atoms with Gasteiger partial charge in [0.2, 0.25) is 5.91 Å². The van der Waals surface area contributed by atoms with Crippen LogP contribution in [-0.4, -0.2) is 35.0 Å². The molecule has 1 aromatic carbocycles. The molecular formula is C14H17ClN2O3. The lowest BCUT2D eigenvalue weighted by Crippen LogP contribution is -2.35. The van der Waals surface area contributed by atoms with Crippen LogP contribution in [0, 0.1) is 5.92 Å². The first-order valence-electron chi connectivity index (χ1n) is 6.50. The highest BCUT2D eigenvalue weighted by atomic mass is 35.5. The van der Waals surface area contributed by atoms with Crippen LogP contribution in [0.15, 0.2) is 18.2 Å². The van der Waals surface area contributed by atoms with Gasteiger partial charge in [0, 0.05) is 17.1 Å². The number of carbonyl (C=O) groups is 2. The van der Waals surface area contributed by atoms with E-state index in [0.717, 1.165) is 18.7 Å². The number of rotatable bonds is 4. The molecule has 108 valence electrons. The third-order valence-corrected chi connectivity index (χ3v) is 4.02. The van der Waals surface area contributed by atoms with Gasteiger partial charge in [0.25, 0.3) is 0 Å². The summed E-state index contributed by atoms with van der Waals surface area (Å²) in [6.45, 7) is 2.14. The van der Waals surface area contributed by atoms with Gasteiger partial charge in [-0.05, 0) is 43.6 Å². The van der Waals surface area contributed by atoms with Crippen molar-refractivity contribution < 1.29 is 14.7 Å². The molecule has 1 aliphatic rings. The number of piperidine rings is 1. The Labute approximate surface area is 122 Å². The van der Waals surface area contributed by atoms with E-state index in [9.17, 15) is 9.59 Å². The van der Waals surface area contributed by atoms with Gasteiger partial charge < -0.3 is 10.8 Å². The minimum Gasteiger partial charge on any atom is -0.481 e. The Kier molecular flexibility index (Phi) is 4.62. The summed E-state index contributed by atoms with van der Waals surface area (Å²) < 4.78 is 0. The predicted octanol–water partition coefficient (Wildman–Crippen LogP) is 1.74. The van der Waals surface area contributed by atoms with Gasteiger partial charge in [-0.3, -0.25) is 14.5 Å². The molecule has 1 amide bonds. The number of hydrogen-bond donors (Lipinski definition) is 2. The zero-order valence-corrected chi connectivity index (χ0v) is 11.8. The number of nitrogens with two attached hydrogens (primary N) is 1. The molecule has 5 nitrogen and oxygen atoms in total. The van der Waals surface area contributed by atoms with E-state index in [2.05, 4.69) is 4.90 Å². The Morgan fingerprint density at radius 1 is 1.35 bits per heavy atom. The van der Waals surface area contributed by atoms with Crippen molar-refractivity contribution in [1.29, 1.82) is 0 Å². The molecule has 0 atom stereocenters. The summed E-state index contributed by atoms with van der Waals surface area (Å²) in [5.74, 6) is -1.45. The second-order valence-electron chi connectivity index (χ2n) is 5.06. The highest BCUT2D eigenvalue weighted by Crippen LogP contribution is 2.23. The molecule has 0 aliphatic carbocycles. The van der Waals surface area contributed by atoms with Gasteiger partial charge in [0.15, 0.2) is 0 Å². The number of likely N-dealkylation sites (tertiary alicyclic amines) is 1. The maximum absolute atomic E-state index is 11.1. The molecule has 0 aromatic heterocycles. The summed E-state index contributed by atoms with van der Waals surface area (Å²) in [6.07, 6.45) is 1.32. The van der Waals surface area contributed by atoms with Gasteiger partial charge in [-0.2, -0.15) is 0 Å². The number of carboxylic acid groups (broad SMARTS) is 1. The van der Waals surface area contributed by atoms with Crippen LogP contribution in [0.2, 0.25) is 5.02 Å². The van der Waals surface area contributed by atoms with Gasteiger partial charge in [-0.15, -0.1) is 0 Å². The average molecular weight is 297 g/mol. The molecule has 1 saturated heterocycles. The summed E-state index contributed by atoms with van der Waals surface area (Å²) in [7, 11) is 0. The van der Waals surface area contributed by atoms with Crippen molar-refractivity contribution in [2.45, 2.75) is 19.4 Å². The lowest BCUT2D eigenvalue weighted by atomic mass is 9.97. The minimum atomic E-state index is -0.714. The van der Waals surface area contributed by atoms with Gasteiger partial charge in [-0.1, -0.05) is 17.7 Å². The lowest BCUT2D eigenvalue weighted by Gasteiger charge is -2.30. The summed E-state index contributed by atoms with van der Waals surface area (Å²) in [5.41, 5.74) is 6.51. The largest absolute Gasteiger partial charge is 0.481 e. The number of hydrogen-bond acceptors (Lipinski definition) is 3. The second-order valence-corrected chi connectivity index (χ2v) is 5.47. The number of carboxylic acids is 1. The van der Waals surface area contributed by atoms with Crippen molar-refractivity contribution in [3.63, 3.8) is 0 Å². The van der Waals surface area contributed by atoms with Crippen molar-refractivity contribution in [1.82, 2.24) is 4.90 Å². The SMILES string of the molecule is NC(=O)c1ccc(CN2CCC(C(=O)O)CC2)c(Cl)c1. The van der Waals surface area contributed by atoms with Crippen molar-refractivity contribution in [3.8, 4) is 0 Å². The molecule has 20 heavy (non-hydrogen) atoms. The number of primary amides is 1. The maximum atomic E-state index is 11.1. The van der Waals surface area contributed by atoms with Gasteiger partial charge in [0.05, 0.1) is 5.92 Å². The summed E-state index contributed by atoms with van der Waals surface area (Å²) in [5, 5.41) is 9.47. The first kappa shape index (κ1) is 14.8. The van der Waals surface area contributed by atoms with Crippen LogP contribution in [0.1, 0.15) is 28.8 Å². The van der Waals surface area contributed by atoms with Gasteiger partial charge in [0.1, 0.15) is 0 Å². The van der Waals surface area contributed by atoms with Crippen LogP contribution in [0.25, 0.3) is 0 Å². The molecule has 1 aromatic rings. The molecule has 2 rings (SSSR count). The van der Waals surface area contributed by atoms with Gasteiger partial charge >= 0.3 is 5.97 Å². The van der Waals surface area contributed by atoms with E-state index in [4.69, 9.17) is 22.4 Å². The van der Waals surface area contributed by atoms with Crippen LogP contribution >= 0.6 is 11.6 Å². The Balaban J connectivity index is 1.98. The second kappa shape index (κ2) is 6.24.